The predicted molar refractivity (Wildman–Crippen MR) is 88.7 cm³/mol. The first kappa shape index (κ1) is 16.5. The fourth-order valence-electron chi connectivity index (χ4n) is 3.62. The molecule has 1 aromatic heterocycles. The Morgan fingerprint density at radius 2 is 1.83 bits per heavy atom. The summed E-state index contributed by atoms with van der Waals surface area (Å²) >= 11 is 0. The standard InChI is InChI=1S/C17H27N3O3/c1-13-11-15(21)17(22)16(23-13)12-19-7-9-20(10-8-19)14-3-5-18(2)6-4-14/h11,14,22H,3-10,12H2,1-2H3. The summed E-state index contributed by atoms with van der Waals surface area (Å²) in [7, 11) is 2.19. The zero-order chi connectivity index (χ0) is 16.4. The van der Waals surface area contributed by atoms with Gasteiger partial charge in [0.25, 0.3) is 0 Å². The van der Waals surface area contributed by atoms with Gasteiger partial charge in [0.1, 0.15) is 5.76 Å². The Kier molecular flexibility index (Phi) is 5.04. The van der Waals surface area contributed by atoms with Gasteiger partial charge in [0, 0.05) is 38.3 Å². The van der Waals surface area contributed by atoms with Crippen LogP contribution in [0.25, 0.3) is 0 Å². The molecule has 0 saturated carbocycles. The highest BCUT2D eigenvalue weighted by atomic mass is 16.4. The minimum absolute atomic E-state index is 0.242. The van der Waals surface area contributed by atoms with E-state index < -0.39 is 0 Å². The molecule has 0 unspecified atom stereocenters. The van der Waals surface area contributed by atoms with Crippen molar-refractivity contribution in [1.29, 1.82) is 0 Å². The van der Waals surface area contributed by atoms with Gasteiger partial charge in [0.2, 0.25) is 11.2 Å². The molecule has 3 rings (SSSR count). The molecule has 6 nitrogen and oxygen atoms in total. The van der Waals surface area contributed by atoms with Crippen LogP contribution in [0, 0.1) is 6.92 Å². The molecule has 0 radical (unpaired) electrons. The molecule has 0 aliphatic carbocycles. The number of likely N-dealkylation sites (tertiary alicyclic amines) is 1. The second-order valence-electron chi connectivity index (χ2n) is 6.84. The van der Waals surface area contributed by atoms with Crippen LogP contribution in [0.15, 0.2) is 15.3 Å². The maximum Gasteiger partial charge on any atom is 0.227 e. The molecule has 0 spiro atoms. The number of piperidine rings is 1. The van der Waals surface area contributed by atoms with Crippen LogP contribution in [0.1, 0.15) is 24.4 Å². The Balaban J connectivity index is 1.54. The van der Waals surface area contributed by atoms with E-state index in [2.05, 4.69) is 21.7 Å². The lowest BCUT2D eigenvalue weighted by Gasteiger charge is -2.42. The molecule has 0 atom stereocenters. The summed E-state index contributed by atoms with van der Waals surface area (Å²) in [5, 5.41) is 9.89. The van der Waals surface area contributed by atoms with Crippen LogP contribution < -0.4 is 5.43 Å². The highest BCUT2D eigenvalue weighted by molar-refractivity contribution is 5.24. The van der Waals surface area contributed by atoms with Crippen molar-refractivity contribution in [2.45, 2.75) is 32.4 Å². The molecule has 1 aromatic rings. The number of aromatic hydroxyl groups is 1. The van der Waals surface area contributed by atoms with E-state index in [4.69, 9.17) is 4.42 Å². The lowest BCUT2D eigenvalue weighted by molar-refractivity contribution is 0.0584. The molecular weight excluding hydrogens is 294 g/mol. The maximum atomic E-state index is 11.6. The number of hydrogen-bond donors (Lipinski definition) is 1. The fourth-order valence-corrected chi connectivity index (χ4v) is 3.62. The largest absolute Gasteiger partial charge is 0.502 e. The van der Waals surface area contributed by atoms with Crippen molar-refractivity contribution in [3.63, 3.8) is 0 Å². The molecule has 1 N–H and O–H groups in total. The Morgan fingerprint density at radius 1 is 1.17 bits per heavy atom. The SMILES string of the molecule is Cc1cc(=O)c(O)c(CN2CCN(C3CCN(C)CC3)CC2)o1. The lowest BCUT2D eigenvalue weighted by atomic mass is 10.0. The van der Waals surface area contributed by atoms with Gasteiger partial charge in [-0.25, -0.2) is 0 Å². The second kappa shape index (κ2) is 7.03. The first-order valence-corrected chi connectivity index (χ1v) is 8.50. The minimum atomic E-state index is -0.353. The third kappa shape index (κ3) is 3.94. The van der Waals surface area contributed by atoms with E-state index in [1.165, 1.54) is 32.0 Å². The van der Waals surface area contributed by atoms with Crippen LogP contribution in [0.2, 0.25) is 0 Å². The fraction of sp³-hybridized carbons (Fsp3) is 0.706. The zero-order valence-corrected chi connectivity index (χ0v) is 14.1. The van der Waals surface area contributed by atoms with Crippen LogP contribution in [-0.4, -0.2) is 72.2 Å². The van der Waals surface area contributed by atoms with Gasteiger partial charge in [-0.3, -0.25) is 14.6 Å². The number of hydrogen-bond acceptors (Lipinski definition) is 6. The number of aryl methyl sites for hydroxylation is 1. The molecule has 2 saturated heterocycles. The monoisotopic (exact) mass is 321 g/mol. The van der Waals surface area contributed by atoms with Gasteiger partial charge in [-0.15, -0.1) is 0 Å². The molecule has 128 valence electrons. The summed E-state index contributed by atoms with van der Waals surface area (Å²) in [5.74, 6) is 0.698. The smallest absolute Gasteiger partial charge is 0.227 e. The number of rotatable bonds is 3. The van der Waals surface area contributed by atoms with Gasteiger partial charge in [-0.1, -0.05) is 0 Å². The normalized spacial score (nSPS) is 22.5. The van der Waals surface area contributed by atoms with E-state index in [1.807, 2.05) is 0 Å². The quantitative estimate of drug-likeness (QED) is 0.891. The molecule has 6 heteroatoms. The zero-order valence-electron chi connectivity index (χ0n) is 14.1. The molecule has 0 bridgehead atoms. The molecule has 23 heavy (non-hydrogen) atoms. The molecule has 2 aliphatic rings. The van der Waals surface area contributed by atoms with Crippen molar-refractivity contribution >= 4 is 0 Å². The van der Waals surface area contributed by atoms with Crippen molar-refractivity contribution in [3.8, 4) is 5.75 Å². The first-order chi connectivity index (χ1) is 11.0. The van der Waals surface area contributed by atoms with Crippen molar-refractivity contribution in [2.24, 2.45) is 0 Å². The average molecular weight is 321 g/mol. The molecule has 2 fully saturated rings. The third-order valence-corrected chi connectivity index (χ3v) is 5.09. The van der Waals surface area contributed by atoms with Crippen LogP contribution >= 0.6 is 0 Å². The van der Waals surface area contributed by atoms with Crippen LogP contribution in [0.5, 0.6) is 5.75 Å². The van der Waals surface area contributed by atoms with Crippen LogP contribution in [0.3, 0.4) is 0 Å². The van der Waals surface area contributed by atoms with Gasteiger partial charge >= 0.3 is 0 Å². The minimum Gasteiger partial charge on any atom is -0.502 e. The summed E-state index contributed by atoms with van der Waals surface area (Å²) < 4.78 is 5.54. The van der Waals surface area contributed by atoms with Gasteiger partial charge in [-0.05, 0) is 39.9 Å². The molecular formula is C17H27N3O3. The van der Waals surface area contributed by atoms with E-state index in [0.717, 1.165) is 26.2 Å². The number of nitrogens with zero attached hydrogens (tertiary/aromatic N) is 3. The summed E-state index contributed by atoms with van der Waals surface area (Å²) in [6.45, 7) is 8.61. The first-order valence-electron chi connectivity index (χ1n) is 8.50. The van der Waals surface area contributed by atoms with E-state index in [9.17, 15) is 9.90 Å². The highest BCUT2D eigenvalue weighted by Crippen LogP contribution is 2.20. The number of piperazine rings is 1. The molecule has 0 amide bonds. The van der Waals surface area contributed by atoms with Crippen molar-refractivity contribution in [3.05, 3.63) is 27.8 Å². The molecule has 0 aromatic carbocycles. The topological polar surface area (TPSA) is 60.2 Å². The van der Waals surface area contributed by atoms with E-state index in [1.54, 1.807) is 6.92 Å². The van der Waals surface area contributed by atoms with Crippen molar-refractivity contribution in [2.75, 3.05) is 46.3 Å². The highest BCUT2D eigenvalue weighted by Gasteiger charge is 2.27. The van der Waals surface area contributed by atoms with Gasteiger partial charge in [-0.2, -0.15) is 0 Å². The lowest BCUT2D eigenvalue weighted by Crippen LogP contribution is -2.52. The molecule has 2 aliphatic heterocycles. The van der Waals surface area contributed by atoms with Gasteiger partial charge in [0.05, 0.1) is 6.54 Å². The van der Waals surface area contributed by atoms with Crippen molar-refractivity contribution in [1.82, 2.24) is 14.7 Å². The average Bonchev–Trinajstić information content (AvgIpc) is 2.54. The molecule has 3 heterocycles. The summed E-state index contributed by atoms with van der Waals surface area (Å²) in [6, 6.07) is 2.04. The third-order valence-electron chi connectivity index (χ3n) is 5.09. The van der Waals surface area contributed by atoms with E-state index in [-0.39, 0.29) is 11.2 Å². The Hall–Kier alpha value is -1.37. The Labute approximate surface area is 137 Å². The van der Waals surface area contributed by atoms with E-state index >= 15 is 0 Å². The predicted octanol–water partition coefficient (Wildman–Crippen LogP) is 0.866. The van der Waals surface area contributed by atoms with Crippen LogP contribution in [-0.2, 0) is 6.54 Å². The van der Waals surface area contributed by atoms with Gasteiger partial charge in [0.15, 0.2) is 5.76 Å². The Morgan fingerprint density at radius 3 is 2.48 bits per heavy atom. The van der Waals surface area contributed by atoms with Gasteiger partial charge < -0.3 is 14.4 Å². The second-order valence-corrected chi connectivity index (χ2v) is 6.84. The summed E-state index contributed by atoms with van der Waals surface area (Å²) in [6.07, 6.45) is 2.51. The van der Waals surface area contributed by atoms with Crippen molar-refractivity contribution < 1.29 is 9.52 Å². The summed E-state index contributed by atoms with van der Waals surface area (Å²) in [5.41, 5.74) is -0.353. The Bertz CT molecular complexity index is 585. The van der Waals surface area contributed by atoms with Crippen LogP contribution in [0.4, 0.5) is 0 Å². The maximum absolute atomic E-state index is 11.6. The summed E-state index contributed by atoms with van der Waals surface area (Å²) in [4.78, 5) is 18.9. The van der Waals surface area contributed by atoms with E-state index in [0.29, 0.717) is 24.1 Å².